The van der Waals surface area contributed by atoms with Gasteiger partial charge in [0.1, 0.15) is 6.61 Å². The number of carboxylic acids is 1. The van der Waals surface area contributed by atoms with E-state index in [4.69, 9.17) is 4.74 Å². The second kappa shape index (κ2) is 9.87. The van der Waals surface area contributed by atoms with E-state index in [1.807, 2.05) is 24.3 Å². The van der Waals surface area contributed by atoms with Crippen molar-refractivity contribution in [3.8, 4) is 11.1 Å². The molecule has 3 N–H and O–H groups in total. The minimum atomic E-state index is -0.879. The maximum Gasteiger partial charge on any atom is 0.413 e. The number of thiazole rings is 1. The predicted molar refractivity (Wildman–Crippen MR) is 131 cm³/mol. The standard InChI is InChI=1S/C26H25N3O5S/c30-23(28-22-11-5-10-20(22)24(31)32)12-15-14-35-25(27-15)29-26(33)34-13-21-18-8-3-1-6-16(18)17-7-2-4-9-19(17)21/h1-4,6-9,14,20-22H,5,10-13H2,(H,28,30)(H,31,32)(H,27,29,33)/t20-,22+/m0/s1. The molecule has 9 heteroatoms. The minimum absolute atomic E-state index is 0.0196. The summed E-state index contributed by atoms with van der Waals surface area (Å²) >= 11 is 1.21. The van der Waals surface area contributed by atoms with Crippen LogP contribution in [-0.2, 0) is 20.7 Å². The van der Waals surface area contributed by atoms with Crippen LogP contribution in [0.1, 0.15) is 42.0 Å². The van der Waals surface area contributed by atoms with Crippen LogP contribution in [0.2, 0.25) is 0 Å². The molecule has 180 valence electrons. The number of benzene rings is 2. The normalized spacial score (nSPS) is 18.5. The third kappa shape index (κ3) is 4.90. The molecule has 0 spiro atoms. The molecular weight excluding hydrogens is 466 g/mol. The Kier molecular flexibility index (Phi) is 6.50. The lowest BCUT2D eigenvalue weighted by molar-refractivity contribution is -0.142. The largest absolute Gasteiger partial charge is 0.481 e. The van der Waals surface area contributed by atoms with Crippen molar-refractivity contribution in [1.82, 2.24) is 10.3 Å². The molecule has 1 heterocycles. The van der Waals surface area contributed by atoms with E-state index in [0.717, 1.165) is 28.7 Å². The van der Waals surface area contributed by atoms with E-state index in [-0.39, 0.29) is 30.9 Å². The maximum absolute atomic E-state index is 12.5. The number of hydrogen-bond acceptors (Lipinski definition) is 6. The summed E-state index contributed by atoms with van der Waals surface area (Å²) < 4.78 is 5.54. The van der Waals surface area contributed by atoms with Gasteiger partial charge in [0.25, 0.3) is 0 Å². The van der Waals surface area contributed by atoms with Gasteiger partial charge in [-0.05, 0) is 35.1 Å². The zero-order valence-electron chi connectivity index (χ0n) is 18.9. The first-order chi connectivity index (χ1) is 17.0. The van der Waals surface area contributed by atoms with Gasteiger partial charge in [0.05, 0.1) is 18.0 Å². The highest BCUT2D eigenvalue weighted by Gasteiger charge is 2.34. The lowest BCUT2D eigenvalue weighted by Crippen LogP contribution is -2.40. The second-order valence-corrected chi connectivity index (χ2v) is 9.68. The lowest BCUT2D eigenvalue weighted by Gasteiger charge is -2.17. The average molecular weight is 492 g/mol. The third-order valence-electron chi connectivity index (χ3n) is 6.63. The lowest BCUT2D eigenvalue weighted by atomic mass is 9.98. The molecule has 0 radical (unpaired) electrons. The van der Waals surface area contributed by atoms with Crippen molar-refractivity contribution in [1.29, 1.82) is 0 Å². The second-order valence-electron chi connectivity index (χ2n) is 8.82. The van der Waals surface area contributed by atoms with Crippen LogP contribution < -0.4 is 10.6 Å². The fourth-order valence-corrected chi connectivity index (χ4v) is 5.71. The highest BCUT2D eigenvalue weighted by atomic mass is 32.1. The van der Waals surface area contributed by atoms with E-state index in [0.29, 0.717) is 23.7 Å². The number of amides is 2. The summed E-state index contributed by atoms with van der Waals surface area (Å²) in [6.45, 7) is 0.201. The van der Waals surface area contributed by atoms with Crippen LogP contribution in [0.15, 0.2) is 53.9 Å². The molecule has 0 bridgehead atoms. The van der Waals surface area contributed by atoms with Gasteiger partial charge in [0, 0.05) is 17.3 Å². The number of anilines is 1. The molecule has 1 aromatic heterocycles. The summed E-state index contributed by atoms with van der Waals surface area (Å²) in [5.74, 6) is -1.73. The highest BCUT2D eigenvalue weighted by Crippen LogP contribution is 2.44. The molecule has 0 unspecified atom stereocenters. The van der Waals surface area contributed by atoms with Crippen molar-refractivity contribution in [2.45, 2.75) is 37.6 Å². The molecule has 3 aromatic rings. The Labute approximate surface area is 206 Å². The molecule has 2 aromatic carbocycles. The van der Waals surface area contributed by atoms with E-state index in [1.54, 1.807) is 5.38 Å². The molecule has 2 amide bonds. The Morgan fingerprint density at radius 3 is 2.40 bits per heavy atom. The molecule has 2 atom stereocenters. The van der Waals surface area contributed by atoms with Gasteiger partial charge < -0.3 is 15.2 Å². The van der Waals surface area contributed by atoms with Crippen molar-refractivity contribution >= 4 is 34.4 Å². The number of nitrogens with zero attached hydrogens (tertiary/aromatic N) is 1. The minimum Gasteiger partial charge on any atom is -0.481 e. The first kappa shape index (κ1) is 23.0. The van der Waals surface area contributed by atoms with Crippen LogP contribution in [0.5, 0.6) is 0 Å². The van der Waals surface area contributed by atoms with Crippen molar-refractivity contribution < 1.29 is 24.2 Å². The smallest absolute Gasteiger partial charge is 0.413 e. The number of carbonyl (C=O) groups is 3. The predicted octanol–water partition coefficient (Wildman–Crippen LogP) is 4.42. The number of rotatable bonds is 7. The zero-order valence-corrected chi connectivity index (χ0v) is 19.7. The van der Waals surface area contributed by atoms with Gasteiger partial charge in [-0.1, -0.05) is 55.0 Å². The fourth-order valence-electron chi connectivity index (χ4n) is 5.02. The first-order valence-corrected chi connectivity index (χ1v) is 12.5. The van der Waals surface area contributed by atoms with Gasteiger partial charge in [-0.25, -0.2) is 9.78 Å². The van der Waals surface area contributed by atoms with Gasteiger partial charge in [0.15, 0.2) is 5.13 Å². The van der Waals surface area contributed by atoms with Crippen molar-refractivity contribution in [3.63, 3.8) is 0 Å². The zero-order chi connectivity index (χ0) is 24.4. The monoisotopic (exact) mass is 491 g/mol. The molecule has 8 nitrogen and oxygen atoms in total. The van der Waals surface area contributed by atoms with E-state index in [1.165, 1.54) is 11.3 Å². The number of nitrogens with one attached hydrogen (secondary N) is 2. The molecule has 35 heavy (non-hydrogen) atoms. The number of hydrogen-bond donors (Lipinski definition) is 3. The first-order valence-electron chi connectivity index (χ1n) is 11.6. The number of carboxylic acid groups (broad SMARTS) is 1. The summed E-state index contributed by atoms with van der Waals surface area (Å²) in [7, 11) is 0. The number of aromatic nitrogens is 1. The van der Waals surface area contributed by atoms with E-state index in [2.05, 4.69) is 39.9 Å². The van der Waals surface area contributed by atoms with Crippen molar-refractivity contribution in [3.05, 3.63) is 70.7 Å². The molecule has 2 aliphatic carbocycles. The van der Waals surface area contributed by atoms with Crippen molar-refractivity contribution in [2.24, 2.45) is 5.92 Å². The summed E-state index contributed by atoms with van der Waals surface area (Å²) in [6.07, 6.45) is 1.44. The summed E-state index contributed by atoms with van der Waals surface area (Å²) in [6, 6.07) is 15.9. The Morgan fingerprint density at radius 2 is 1.71 bits per heavy atom. The van der Waals surface area contributed by atoms with Gasteiger partial charge in [-0.2, -0.15) is 0 Å². The highest BCUT2D eigenvalue weighted by molar-refractivity contribution is 7.13. The fraction of sp³-hybridized carbons (Fsp3) is 0.308. The Balaban J connectivity index is 1.15. The number of fused-ring (bicyclic) bond motifs is 3. The molecule has 0 saturated heterocycles. The van der Waals surface area contributed by atoms with Crippen molar-refractivity contribution in [2.75, 3.05) is 11.9 Å². The van der Waals surface area contributed by atoms with Crippen LogP contribution in [-0.4, -0.2) is 40.7 Å². The van der Waals surface area contributed by atoms with E-state index in [9.17, 15) is 19.5 Å². The van der Waals surface area contributed by atoms with Crippen LogP contribution in [0, 0.1) is 5.92 Å². The Bertz CT molecular complexity index is 1230. The summed E-state index contributed by atoms with van der Waals surface area (Å²) in [5, 5.41) is 16.8. The Morgan fingerprint density at radius 1 is 1.03 bits per heavy atom. The number of aliphatic carboxylic acids is 1. The molecule has 0 aliphatic heterocycles. The summed E-state index contributed by atoms with van der Waals surface area (Å²) in [4.78, 5) is 40.4. The maximum atomic E-state index is 12.5. The van der Waals surface area contributed by atoms with Gasteiger partial charge in [-0.3, -0.25) is 14.9 Å². The van der Waals surface area contributed by atoms with Gasteiger partial charge in [0.2, 0.25) is 5.91 Å². The van der Waals surface area contributed by atoms with E-state index < -0.39 is 18.0 Å². The van der Waals surface area contributed by atoms with Gasteiger partial charge in [-0.15, -0.1) is 11.3 Å². The molecular formula is C26H25N3O5S. The van der Waals surface area contributed by atoms with Crippen LogP contribution in [0.3, 0.4) is 0 Å². The molecule has 5 rings (SSSR count). The summed E-state index contributed by atoms with van der Waals surface area (Å²) in [5.41, 5.74) is 5.10. The molecule has 1 saturated carbocycles. The quantitative estimate of drug-likeness (QED) is 0.451. The van der Waals surface area contributed by atoms with E-state index >= 15 is 0 Å². The van der Waals surface area contributed by atoms with Crippen LogP contribution >= 0.6 is 11.3 Å². The average Bonchev–Trinajstić information content (AvgIpc) is 3.56. The number of ether oxygens (including phenoxy) is 1. The topological polar surface area (TPSA) is 118 Å². The van der Waals surface area contributed by atoms with Crippen LogP contribution in [0.25, 0.3) is 11.1 Å². The SMILES string of the molecule is O=C(Cc1csc(NC(=O)OCC2c3ccccc3-c3ccccc32)n1)N[C@@H]1CCC[C@@H]1C(=O)O. The number of carbonyl (C=O) groups excluding carboxylic acids is 2. The van der Waals surface area contributed by atoms with Crippen LogP contribution in [0.4, 0.5) is 9.93 Å². The Hall–Kier alpha value is -3.72. The third-order valence-corrected chi connectivity index (χ3v) is 7.43. The molecule has 2 aliphatic rings. The van der Waals surface area contributed by atoms with Gasteiger partial charge >= 0.3 is 12.1 Å². The molecule has 1 fully saturated rings.